The van der Waals surface area contributed by atoms with Crippen LogP contribution in [0.3, 0.4) is 0 Å². The Morgan fingerprint density at radius 2 is 2.14 bits per heavy atom. The van der Waals surface area contributed by atoms with Crippen molar-refractivity contribution in [3.63, 3.8) is 0 Å². The van der Waals surface area contributed by atoms with E-state index in [1.54, 1.807) is 18.2 Å². The average molecular weight is 309 g/mol. The summed E-state index contributed by atoms with van der Waals surface area (Å²) >= 11 is 6.08. The number of nitrogens with two attached hydrogens (primary N) is 1. The first-order valence-corrected chi connectivity index (χ1v) is 6.55. The highest BCUT2D eigenvalue weighted by Gasteiger charge is 2.13. The van der Waals surface area contributed by atoms with E-state index in [0.29, 0.717) is 16.3 Å². The molecule has 3 N–H and O–H groups in total. The summed E-state index contributed by atoms with van der Waals surface area (Å²) < 4.78 is 18.4. The monoisotopic (exact) mass is 308 g/mol. The van der Waals surface area contributed by atoms with Crippen molar-refractivity contribution < 1.29 is 13.9 Å². The van der Waals surface area contributed by atoms with E-state index in [1.807, 2.05) is 0 Å². The summed E-state index contributed by atoms with van der Waals surface area (Å²) in [6, 6.07) is 8.82. The number of benzene rings is 2. The zero-order valence-electron chi connectivity index (χ0n) is 11.3. The maximum Gasteiger partial charge on any atom is 0.253 e. The SMILES string of the molecule is COc1cccc(Cl)c1CNC(=O)c1cc(F)ccc1N. The van der Waals surface area contributed by atoms with E-state index in [-0.39, 0.29) is 17.8 Å². The summed E-state index contributed by atoms with van der Waals surface area (Å²) in [7, 11) is 1.52. The number of methoxy groups -OCH3 is 1. The summed E-state index contributed by atoms with van der Waals surface area (Å²) in [5, 5.41) is 3.12. The molecule has 2 aromatic rings. The fourth-order valence-corrected chi connectivity index (χ4v) is 2.12. The Morgan fingerprint density at radius 3 is 2.86 bits per heavy atom. The van der Waals surface area contributed by atoms with Crippen LogP contribution in [-0.4, -0.2) is 13.0 Å². The molecule has 0 spiro atoms. The van der Waals surface area contributed by atoms with Gasteiger partial charge in [0.1, 0.15) is 11.6 Å². The fourth-order valence-electron chi connectivity index (χ4n) is 1.89. The van der Waals surface area contributed by atoms with Crippen molar-refractivity contribution in [2.45, 2.75) is 6.54 Å². The van der Waals surface area contributed by atoms with Gasteiger partial charge in [-0.3, -0.25) is 4.79 Å². The third-order valence-electron chi connectivity index (χ3n) is 2.98. The van der Waals surface area contributed by atoms with Crippen LogP contribution in [0.2, 0.25) is 5.02 Å². The molecule has 21 heavy (non-hydrogen) atoms. The van der Waals surface area contributed by atoms with Gasteiger partial charge in [-0.05, 0) is 30.3 Å². The molecule has 6 heteroatoms. The van der Waals surface area contributed by atoms with Crippen molar-refractivity contribution in [1.29, 1.82) is 0 Å². The van der Waals surface area contributed by atoms with Crippen LogP contribution in [0.1, 0.15) is 15.9 Å². The Balaban J connectivity index is 2.17. The van der Waals surface area contributed by atoms with Gasteiger partial charge in [0.05, 0.1) is 12.7 Å². The predicted octanol–water partition coefficient (Wildman–Crippen LogP) is 3.00. The van der Waals surface area contributed by atoms with Gasteiger partial charge in [0.15, 0.2) is 0 Å². The van der Waals surface area contributed by atoms with Gasteiger partial charge in [0, 0.05) is 22.8 Å². The second kappa shape index (κ2) is 6.45. The Labute approximate surface area is 126 Å². The van der Waals surface area contributed by atoms with Crippen LogP contribution in [0.5, 0.6) is 5.75 Å². The third kappa shape index (κ3) is 3.44. The van der Waals surface area contributed by atoms with E-state index >= 15 is 0 Å². The number of carbonyl (C=O) groups excluding carboxylic acids is 1. The topological polar surface area (TPSA) is 64.3 Å². The normalized spacial score (nSPS) is 10.2. The number of amides is 1. The Hall–Kier alpha value is -2.27. The van der Waals surface area contributed by atoms with Crippen molar-refractivity contribution in [3.8, 4) is 5.75 Å². The lowest BCUT2D eigenvalue weighted by molar-refractivity contribution is 0.0951. The molecule has 0 aromatic heterocycles. The maximum absolute atomic E-state index is 13.2. The van der Waals surface area contributed by atoms with Crippen molar-refractivity contribution >= 4 is 23.2 Å². The molecule has 2 aromatic carbocycles. The first-order valence-electron chi connectivity index (χ1n) is 6.17. The Bertz CT molecular complexity index is 677. The molecule has 0 atom stereocenters. The molecule has 4 nitrogen and oxygen atoms in total. The van der Waals surface area contributed by atoms with Crippen LogP contribution in [0, 0.1) is 5.82 Å². The molecule has 0 bridgehead atoms. The van der Waals surface area contributed by atoms with E-state index in [9.17, 15) is 9.18 Å². The molecule has 1 amide bonds. The van der Waals surface area contributed by atoms with Crippen molar-refractivity contribution in [1.82, 2.24) is 5.32 Å². The number of hydrogen-bond acceptors (Lipinski definition) is 3. The molecule has 0 aliphatic rings. The number of anilines is 1. The van der Waals surface area contributed by atoms with Crippen LogP contribution in [0.15, 0.2) is 36.4 Å². The molecule has 0 heterocycles. The Morgan fingerprint density at radius 1 is 1.38 bits per heavy atom. The van der Waals surface area contributed by atoms with Crippen LogP contribution in [0.25, 0.3) is 0 Å². The van der Waals surface area contributed by atoms with Crippen LogP contribution >= 0.6 is 11.6 Å². The van der Waals surface area contributed by atoms with E-state index < -0.39 is 11.7 Å². The zero-order valence-corrected chi connectivity index (χ0v) is 12.1. The summed E-state index contributed by atoms with van der Waals surface area (Å²) in [5.74, 6) is -0.436. The number of hydrogen-bond donors (Lipinski definition) is 2. The van der Waals surface area contributed by atoms with Gasteiger partial charge in [-0.15, -0.1) is 0 Å². The smallest absolute Gasteiger partial charge is 0.253 e. The largest absolute Gasteiger partial charge is 0.496 e. The number of ether oxygens (including phenoxy) is 1. The molecule has 110 valence electrons. The standard InChI is InChI=1S/C15H14ClFN2O2/c1-21-14-4-2-3-12(16)11(14)8-19-15(20)10-7-9(17)5-6-13(10)18/h2-7H,8,18H2,1H3,(H,19,20). The van der Waals surface area contributed by atoms with E-state index in [1.165, 1.54) is 19.2 Å². The highest BCUT2D eigenvalue weighted by Crippen LogP contribution is 2.26. The minimum atomic E-state index is -0.523. The zero-order chi connectivity index (χ0) is 15.4. The minimum absolute atomic E-state index is 0.0843. The van der Waals surface area contributed by atoms with Crippen LogP contribution < -0.4 is 15.8 Å². The molecule has 2 rings (SSSR count). The van der Waals surface area contributed by atoms with Gasteiger partial charge in [0.25, 0.3) is 5.91 Å². The minimum Gasteiger partial charge on any atom is -0.496 e. The van der Waals surface area contributed by atoms with Gasteiger partial charge in [-0.2, -0.15) is 0 Å². The lowest BCUT2D eigenvalue weighted by atomic mass is 10.1. The first-order chi connectivity index (χ1) is 10.0. The number of nitrogens with one attached hydrogen (secondary N) is 1. The van der Waals surface area contributed by atoms with Gasteiger partial charge in [-0.1, -0.05) is 17.7 Å². The maximum atomic E-state index is 13.2. The van der Waals surface area contributed by atoms with Crippen molar-refractivity contribution in [2.75, 3.05) is 12.8 Å². The third-order valence-corrected chi connectivity index (χ3v) is 3.34. The highest BCUT2D eigenvalue weighted by molar-refractivity contribution is 6.31. The second-order valence-electron chi connectivity index (χ2n) is 4.33. The van der Waals surface area contributed by atoms with Crippen molar-refractivity contribution in [2.24, 2.45) is 0 Å². The van der Waals surface area contributed by atoms with Gasteiger partial charge in [0.2, 0.25) is 0 Å². The molecular formula is C15H14ClFN2O2. The summed E-state index contributed by atoms with van der Waals surface area (Å²) in [5.41, 5.74) is 6.60. The number of rotatable bonds is 4. The fraction of sp³-hybridized carbons (Fsp3) is 0.133. The molecule has 0 radical (unpaired) electrons. The molecular weight excluding hydrogens is 295 g/mol. The number of carbonyl (C=O) groups is 1. The van der Waals surface area contributed by atoms with Crippen molar-refractivity contribution in [3.05, 3.63) is 58.4 Å². The Kier molecular flexibility index (Phi) is 4.65. The molecule has 0 saturated heterocycles. The quantitative estimate of drug-likeness (QED) is 0.853. The molecule has 0 aliphatic heterocycles. The number of nitrogen functional groups attached to an aromatic ring is 1. The molecule has 0 aliphatic carbocycles. The van der Waals surface area contributed by atoms with Gasteiger partial charge in [-0.25, -0.2) is 4.39 Å². The molecule has 0 fully saturated rings. The molecule has 0 unspecified atom stereocenters. The summed E-state index contributed by atoms with van der Waals surface area (Å²) in [4.78, 5) is 12.1. The highest BCUT2D eigenvalue weighted by atomic mass is 35.5. The van der Waals surface area contributed by atoms with Crippen LogP contribution in [0.4, 0.5) is 10.1 Å². The molecule has 0 saturated carbocycles. The van der Waals surface area contributed by atoms with Gasteiger partial charge < -0.3 is 15.8 Å². The predicted molar refractivity (Wildman–Crippen MR) is 80.0 cm³/mol. The van der Waals surface area contributed by atoms with E-state index in [4.69, 9.17) is 22.1 Å². The summed E-state index contributed by atoms with van der Waals surface area (Å²) in [6.07, 6.45) is 0. The van der Waals surface area contributed by atoms with Crippen LogP contribution in [-0.2, 0) is 6.54 Å². The van der Waals surface area contributed by atoms with E-state index in [0.717, 1.165) is 6.07 Å². The average Bonchev–Trinajstić information content (AvgIpc) is 2.47. The first kappa shape index (κ1) is 15.1. The number of halogens is 2. The lowest BCUT2D eigenvalue weighted by Gasteiger charge is -2.12. The lowest BCUT2D eigenvalue weighted by Crippen LogP contribution is -2.24. The van der Waals surface area contributed by atoms with E-state index in [2.05, 4.69) is 5.32 Å². The van der Waals surface area contributed by atoms with Gasteiger partial charge >= 0.3 is 0 Å². The summed E-state index contributed by atoms with van der Waals surface area (Å²) in [6.45, 7) is 0.150. The second-order valence-corrected chi connectivity index (χ2v) is 4.74.